The van der Waals surface area contributed by atoms with Crippen LogP contribution in [0, 0.1) is 5.92 Å². The van der Waals surface area contributed by atoms with E-state index in [1.807, 2.05) is 0 Å². The van der Waals surface area contributed by atoms with E-state index in [0.29, 0.717) is 13.0 Å². The topological polar surface area (TPSA) is 89.9 Å². The van der Waals surface area contributed by atoms with E-state index in [-0.39, 0.29) is 18.1 Å². The average molecular weight is 270 g/mol. The van der Waals surface area contributed by atoms with E-state index >= 15 is 0 Å². The molecule has 4 unspecified atom stereocenters. The van der Waals surface area contributed by atoms with Crippen LogP contribution in [0.2, 0.25) is 0 Å². The molecule has 4 atom stereocenters. The highest BCUT2D eigenvalue weighted by Gasteiger charge is 2.39. The number of aliphatic hydroxyl groups is 1. The van der Waals surface area contributed by atoms with Gasteiger partial charge in [0.1, 0.15) is 0 Å². The Hall–Kier alpha value is -1.30. The maximum Gasteiger partial charge on any atom is 0.317 e. The molecule has 0 bridgehead atoms. The van der Waals surface area contributed by atoms with E-state index in [0.717, 1.165) is 25.7 Å². The molecule has 19 heavy (non-hydrogen) atoms. The lowest BCUT2D eigenvalue weighted by Crippen LogP contribution is -2.51. The minimum atomic E-state index is -0.847. The molecule has 108 valence electrons. The van der Waals surface area contributed by atoms with Crippen molar-refractivity contribution < 1.29 is 19.8 Å². The molecule has 6 heteroatoms. The van der Waals surface area contributed by atoms with Crippen molar-refractivity contribution in [1.82, 2.24) is 10.2 Å². The van der Waals surface area contributed by atoms with E-state index in [9.17, 15) is 14.7 Å². The molecular formula is C13H22N2O4. The highest BCUT2D eigenvalue weighted by molar-refractivity contribution is 5.78. The van der Waals surface area contributed by atoms with Crippen LogP contribution in [0.25, 0.3) is 0 Å². The molecule has 3 N–H and O–H groups in total. The summed E-state index contributed by atoms with van der Waals surface area (Å²) in [5.74, 6) is -1.33. The van der Waals surface area contributed by atoms with Gasteiger partial charge in [-0.2, -0.15) is 0 Å². The Morgan fingerprint density at radius 1 is 1.21 bits per heavy atom. The summed E-state index contributed by atoms with van der Waals surface area (Å²) < 4.78 is 0. The standard InChI is InChI=1S/C13H22N2O4/c1-8-9(12(17)18)6-7-15(8)13(19)14-10-4-2-3-5-11(10)16/h8-11,16H,2-7H2,1H3,(H,14,19)(H,17,18). The third kappa shape index (κ3) is 3.00. The molecule has 0 aromatic carbocycles. The number of nitrogens with zero attached hydrogens (tertiary/aromatic N) is 1. The average Bonchev–Trinajstić information content (AvgIpc) is 2.74. The molecular weight excluding hydrogens is 248 g/mol. The first-order valence-electron chi connectivity index (χ1n) is 6.98. The van der Waals surface area contributed by atoms with E-state index in [1.54, 1.807) is 11.8 Å². The number of likely N-dealkylation sites (tertiary alicyclic amines) is 1. The molecule has 1 saturated carbocycles. The second-order valence-corrected chi connectivity index (χ2v) is 5.58. The summed E-state index contributed by atoms with van der Waals surface area (Å²) in [4.78, 5) is 24.7. The zero-order valence-corrected chi connectivity index (χ0v) is 11.2. The van der Waals surface area contributed by atoms with Crippen molar-refractivity contribution in [3.63, 3.8) is 0 Å². The minimum absolute atomic E-state index is 0.197. The number of hydrogen-bond acceptors (Lipinski definition) is 3. The van der Waals surface area contributed by atoms with Gasteiger partial charge in [-0.15, -0.1) is 0 Å². The maximum atomic E-state index is 12.1. The van der Waals surface area contributed by atoms with Gasteiger partial charge in [-0.25, -0.2) is 4.79 Å². The van der Waals surface area contributed by atoms with Gasteiger partial charge in [0.25, 0.3) is 0 Å². The number of carboxylic acid groups (broad SMARTS) is 1. The van der Waals surface area contributed by atoms with E-state index in [4.69, 9.17) is 5.11 Å². The number of urea groups is 1. The largest absolute Gasteiger partial charge is 0.481 e. The van der Waals surface area contributed by atoms with Crippen LogP contribution in [-0.2, 0) is 4.79 Å². The summed E-state index contributed by atoms with van der Waals surface area (Å²) in [6.45, 7) is 2.23. The number of carboxylic acids is 1. The first-order valence-corrected chi connectivity index (χ1v) is 6.98. The quantitative estimate of drug-likeness (QED) is 0.692. The van der Waals surface area contributed by atoms with E-state index in [1.165, 1.54) is 0 Å². The summed E-state index contributed by atoms with van der Waals surface area (Å²) in [6, 6.07) is -0.738. The Kier molecular flexibility index (Phi) is 4.29. The van der Waals surface area contributed by atoms with Crippen molar-refractivity contribution in [2.45, 2.75) is 57.2 Å². The van der Waals surface area contributed by atoms with Crippen LogP contribution >= 0.6 is 0 Å². The van der Waals surface area contributed by atoms with Gasteiger partial charge in [0.2, 0.25) is 0 Å². The fourth-order valence-electron chi connectivity index (χ4n) is 3.08. The molecule has 1 heterocycles. The van der Waals surface area contributed by atoms with Crippen molar-refractivity contribution in [3.05, 3.63) is 0 Å². The maximum absolute atomic E-state index is 12.1. The Balaban J connectivity index is 1.91. The lowest BCUT2D eigenvalue weighted by atomic mass is 9.93. The zero-order valence-electron chi connectivity index (χ0n) is 11.2. The highest BCUT2D eigenvalue weighted by atomic mass is 16.4. The number of carbonyl (C=O) groups excluding carboxylic acids is 1. The predicted molar refractivity (Wildman–Crippen MR) is 68.7 cm³/mol. The summed E-state index contributed by atoms with van der Waals surface area (Å²) in [5.41, 5.74) is 0. The molecule has 0 aromatic rings. The predicted octanol–water partition coefficient (Wildman–Crippen LogP) is 0.794. The van der Waals surface area contributed by atoms with Gasteiger partial charge in [0, 0.05) is 12.6 Å². The van der Waals surface area contributed by atoms with Crippen LogP contribution in [0.5, 0.6) is 0 Å². The first kappa shape index (κ1) is 14.1. The highest BCUT2D eigenvalue weighted by Crippen LogP contribution is 2.25. The number of rotatable bonds is 2. The van der Waals surface area contributed by atoms with Crippen molar-refractivity contribution in [2.75, 3.05) is 6.54 Å². The molecule has 2 aliphatic rings. The van der Waals surface area contributed by atoms with Gasteiger partial charge < -0.3 is 20.4 Å². The van der Waals surface area contributed by atoms with Crippen molar-refractivity contribution in [1.29, 1.82) is 0 Å². The summed E-state index contributed by atoms with van der Waals surface area (Å²) >= 11 is 0. The lowest BCUT2D eigenvalue weighted by Gasteiger charge is -2.31. The summed E-state index contributed by atoms with van der Waals surface area (Å²) in [5, 5.41) is 21.7. The van der Waals surface area contributed by atoms with Gasteiger partial charge in [0.15, 0.2) is 0 Å². The third-order valence-electron chi connectivity index (χ3n) is 4.37. The second kappa shape index (κ2) is 5.77. The fourth-order valence-corrected chi connectivity index (χ4v) is 3.08. The number of amides is 2. The molecule has 1 saturated heterocycles. The molecule has 1 aliphatic carbocycles. The van der Waals surface area contributed by atoms with E-state index in [2.05, 4.69) is 5.32 Å². The van der Waals surface area contributed by atoms with Crippen LogP contribution in [0.15, 0.2) is 0 Å². The molecule has 2 amide bonds. The number of aliphatic hydroxyl groups excluding tert-OH is 1. The van der Waals surface area contributed by atoms with Gasteiger partial charge in [0.05, 0.1) is 18.1 Å². The summed E-state index contributed by atoms with van der Waals surface area (Å²) in [7, 11) is 0. The fraction of sp³-hybridized carbons (Fsp3) is 0.846. The zero-order chi connectivity index (χ0) is 14.0. The molecule has 1 aliphatic heterocycles. The van der Waals surface area contributed by atoms with Gasteiger partial charge >= 0.3 is 12.0 Å². The van der Waals surface area contributed by atoms with Gasteiger partial charge in [-0.05, 0) is 26.2 Å². The summed E-state index contributed by atoms with van der Waals surface area (Å²) in [6.07, 6.45) is 3.53. The Morgan fingerprint density at radius 3 is 2.47 bits per heavy atom. The Labute approximate surface area is 112 Å². The smallest absolute Gasteiger partial charge is 0.317 e. The Bertz CT molecular complexity index is 361. The van der Waals surface area contributed by atoms with Gasteiger partial charge in [-0.1, -0.05) is 12.8 Å². The second-order valence-electron chi connectivity index (χ2n) is 5.58. The minimum Gasteiger partial charge on any atom is -0.481 e. The Morgan fingerprint density at radius 2 is 1.89 bits per heavy atom. The molecule has 0 spiro atoms. The first-order chi connectivity index (χ1) is 9.00. The van der Waals surface area contributed by atoms with Crippen LogP contribution in [0.4, 0.5) is 4.79 Å². The molecule has 0 radical (unpaired) electrons. The number of aliphatic carboxylic acids is 1. The van der Waals surface area contributed by atoms with Crippen LogP contribution < -0.4 is 5.32 Å². The lowest BCUT2D eigenvalue weighted by molar-refractivity contribution is -0.142. The number of carbonyl (C=O) groups is 2. The normalized spacial score (nSPS) is 35.2. The van der Waals surface area contributed by atoms with Crippen molar-refractivity contribution in [3.8, 4) is 0 Å². The number of hydrogen-bond donors (Lipinski definition) is 3. The number of nitrogens with one attached hydrogen (secondary N) is 1. The SMILES string of the molecule is CC1C(C(=O)O)CCN1C(=O)NC1CCCCC1O. The third-order valence-corrected chi connectivity index (χ3v) is 4.37. The monoisotopic (exact) mass is 270 g/mol. The van der Waals surface area contributed by atoms with Crippen molar-refractivity contribution in [2.24, 2.45) is 5.92 Å². The van der Waals surface area contributed by atoms with Gasteiger partial charge in [-0.3, -0.25) is 4.79 Å². The van der Waals surface area contributed by atoms with Crippen LogP contribution in [-0.4, -0.2) is 51.8 Å². The van der Waals surface area contributed by atoms with Crippen molar-refractivity contribution >= 4 is 12.0 Å². The van der Waals surface area contributed by atoms with E-state index < -0.39 is 18.0 Å². The molecule has 0 aromatic heterocycles. The molecule has 2 fully saturated rings. The molecule has 6 nitrogen and oxygen atoms in total. The van der Waals surface area contributed by atoms with Crippen LogP contribution in [0.1, 0.15) is 39.0 Å². The van der Waals surface area contributed by atoms with Crippen LogP contribution in [0.3, 0.4) is 0 Å². The molecule has 2 rings (SSSR count).